The molecule has 1 saturated heterocycles. The lowest BCUT2D eigenvalue weighted by molar-refractivity contribution is 0.294. The minimum Gasteiger partial charge on any atom is -0.496 e. The molecule has 2 heteroatoms. The second-order valence-electron chi connectivity index (χ2n) is 6.37. The molecule has 1 unspecified atom stereocenters. The summed E-state index contributed by atoms with van der Waals surface area (Å²) in [6, 6.07) is 4.45. The lowest BCUT2D eigenvalue weighted by atomic mass is 9.78. The Balaban J connectivity index is 2.53. The van der Waals surface area contributed by atoms with Gasteiger partial charge in [-0.3, -0.25) is 0 Å². The number of hydrogen-bond acceptors (Lipinski definition) is 2. The van der Waals surface area contributed by atoms with Gasteiger partial charge in [-0.2, -0.15) is 0 Å². The van der Waals surface area contributed by atoms with Crippen molar-refractivity contribution in [2.75, 3.05) is 13.7 Å². The molecule has 19 heavy (non-hydrogen) atoms. The highest BCUT2D eigenvalue weighted by Crippen LogP contribution is 2.43. The summed E-state index contributed by atoms with van der Waals surface area (Å²) in [5.41, 5.74) is 4.12. The highest BCUT2D eigenvalue weighted by Gasteiger charge is 2.39. The fraction of sp³-hybridized carbons (Fsp3) is 0.647. The van der Waals surface area contributed by atoms with Gasteiger partial charge in [-0.1, -0.05) is 19.9 Å². The zero-order chi connectivity index (χ0) is 14.0. The molecule has 1 N–H and O–H groups in total. The third-order valence-electron chi connectivity index (χ3n) is 4.14. The summed E-state index contributed by atoms with van der Waals surface area (Å²) in [5.74, 6) is 1.73. The monoisotopic (exact) mass is 261 g/mol. The Bertz CT molecular complexity index is 445. The van der Waals surface area contributed by atoms with E-state index in [2.05, 4.69) is 45.1 Å². The molecule has 0 aliphatic carbocycles. The van der Waals surface area contributed by atoms with Gasteiger partial charge in [-0.05, 0) is 62.8 Å². The van der Waals surface area contributed by atoms with Crippen LogP contribution in [0.15, 0.2) is 12.1 Å². The fourth-order valence-corrected chi connectivity index (χ4v) is 3.70. The van der Waals surface area contributed by atoms with Crippen LogP contribution in [0.25, 0.3) is 0 Å². The molecule has 106 valence electrons. The predicted octanol–water partition coefficient (Wildman–Crippen LogP) is 3.94. The summed E-state index contributed by atoms with van der Waals surface area (Å²) in [6.07, 6.45) is 3.64. The quantitative estimate of drug-likeness (QED) is 0.886. The van der Waals surface area contributed by atoms with E-state index in [1.54, 1.807) is 7.11 Å². The van der Waals surface area contributed by atoms with E-state index in [0.29, 0.717) is 5.92 Å². The van der Waals surface area contributed by atoms with Gasteiger partial charge < -0.3 is 10.1 Å². The molecule has 1 fully saturated rings. The normalized spacial score (nSPS) is 23.1. The molecule has 2 rings (SSSR count). The molecule has 0 aromatic heterocycles. The van der Waals surface area contributed by atoms with Crippen molar-refractivity contribution >= 4 is 0 Å². The van der Waals surface area contributed by atoms with E-state index in [1.165, 1.54) is 36.0 Å². The Morgan fingerprint density at radius 3 is 2.58 bits per heavy atom. The number of benzene rings is 1. The van der Waals surface area contributed by atoms with Crippen LogP contribution in [0, 0.1) is 19.8 Å². The van der Waals surface area contributed by atoms with Gasteiger partial charge in [0.05, 0.1) is 7.11 Å². The Morgan fingerprint density at radius 2 is 2.05 bits per heavy atom. The van der Waals surface area contributed by atoms with E-state index in [4.69, 9.17) is 4.74 Å². The lowest BCUT2D eigenvalue weighted by Crippen LogP contribution is -2.39. The molecule has 1 aromatic carbocycles. The van der Waals surface area contributed by atoms with E-state index in [-0.39, 0.29) is 5.54 Å². The SMILES string of the molecule is COc1cc(C)cc(C)c1C1(CC(C)C)CCCN1. The zero-order valence-corrected chi connectivity index (χ0v) is 13.0. The molecule has 0 amide bonds. The highest BCUT2D eigenvalue weighted by atomic mass is 16.5. The number of methoxy groups -OCH3 is 1. The molecule has 1 aliphatic rings. The Morgan fingerprint density at radius 1 is 1.32 bits per heavy atom. The molecule has 0 radical (unpaired) electrons. The van der Waals surface area contributed by atoms with Crippen LogP contribution in [0.4, 0.5) is 0 Å². The predicted molar refractivity (Wildman–Crippen MR) is 80.8 cm³/mol. The van der Waals surface area contributed by atoms with Crippen LogP contribution in [0.5, 0.6) is 5.75 Å². The molecule has 1 heterocycles. The summed E-state index contributed by atoms with van der Waals surface area (Å²) in [7, 11) is 1.79. The van der Waals surface area contributed by atoms with E-state index < -0.39 is 0 Å². The second-order valence-corrected chi connectivity index (χ2v) is 6.37. The number of ether oxygens (including phenoxy) is 1. The van der Waals surface area contributed by atoms with Crippen LogP contribution < -0.4 is 10.1 Å². The van der Waals surface area contributed by atoms with Crippen molar-refractivity contribution < 1.29 is 4.74 Å². The van der Waals surface area contributed by atoms with Gasteiger partial charge in [-0.15, -0.1) is 0 Å². The maximum absolute atomic E-state index is 5.69. The number of rotatable bonds is 4. The Hall–Kier alpha value is -1.02. The zero-order valence-electron chi connectivity index (χ0n) is 13.0. The third kappa shape index (κ3) is 2.79. The van der Waals surface area contributed by atoms with Crippen molar-refractivity contribution in [1.82, 2.24) is 5.32 Å². The fourth-order valence-electron chi connectivity index (χ4n) is 3.70. The molecule has 0 bridgehead atoms. The first-order chi connectivity index (χ1) is 8.98. The molecule has 0 spiro atoms. The third-order valence-corrected chi connectivity index (χ3v) is 4.14. The average Bonchev–Trinajstić information content (AvgIpc) is 2.75. The molecule has 1 aliphatic heterocycles. The Labute approximate surface area is 117 Å². The summed E-state index contributed by atoms with van der Waals surface area (Å²) in [4.78, 5) is 0. The number of hydrogen-bond donors (Lipinski definition) is 1. The van der Waals surface area contributed by atoms with Crippen molar-refractivity contribution in [2.45, 2.75) is 52.5 Å². The van der Waals surface area contributed by atoms with Gasteiger partial charge in [0.15, 0.2) is 0 Å². The molecule has 0 saturated carbocycles. The van der Waals surface area contributed by atoms with Crippen molar-refractivity contribution in [1.29, 1.82) is 0 Å². The minimum absolute atomic E-state index is 0.108. The summed E-state index contributed by atoms with van der Waals surface area (Å²) in [6.45, 7) is 10.1. The van der Waals surface area contributed by atoms with E-state index in [1.807, 2.05) is 0 Å². The van der Waals surface area contributed by atoms with Crippen molar-refractivity contribution in [2.24, 2.45) is 5.92 Å². The van der Waals surface area contributed by atoms with Crippen LogP contribution in [-0.2, 0) is 5.54 Å². The topological polar surface area (TPSA) is 21.3 Å². The first kappa shape index (κ1) is 14.4. The van der Waals surface area contributed by atoms with Crippen molar-refractivity contribution in [3.05, 3.63) is 28.8 Å². The van der Waals surface area contributed by atoms with Gasteiger partial charge in [0, 0.05) is 11.1 Å². The van der Waals surface area contributed by atoms with Crippen LogP contribution in [0.2, 0.25) is 0 Å². The lowest BCUT2D eigenvalue weighted by Gasteiger charge is -2.35. The largest absolute Gasteiger partial charge is 0.496 e. The van der Waals surface area contributed by atoms with Gasteiger partial charge in [0.25, 0.3) is 0 Å². The van der Waals surface area contributed by atoms with Gasteiger partial charge in [-0.25, -0.2) is 0 Å². The van der Waals surface area contributed by atoms with Crippen LogP contribution in [0.1, 0.15) is 49.8 Å². The van der Waals surface area contributed by atoms with Gasteiger partial charge in [0.2, 0.25) is 0 Å². The van der Waals surface area contributed by atoms with E-state index >= 15 is 0 Å². The van der Waals surface area contributed by atoms with E-state index in [9.17, 15) is 0 Å². The summed E-state index contributed by atoms with van der Waals surface area (Å²) < 4.78 is 5.69. The first-order valence-electron chi connectivity index (χ1n) is 7.39. The van der Waals surface area contributed by atoms with E-state index in [0.717, 1.165) is 12.3 Å². The highest BCUT2D eigenvalue weighted by molar-refractivity contribution is 5.48. The number of nitrogens with one attached hydrogen (secondary N) is 1. The molecule has 1 aromatic rings. The second kappa shape index (κ2) is 5.54. The molecule has 2 nitrogen and oxygen atoms in total. The molecular weight excluding hydrogens is 234 g/mol. The Kier molecular flexibility index (Phi) is 4.19. The van der Waals surface area contributed by atoms with Crippen molar-refractivity contribution in [3.63, 3.8) is 0 Å². The molecule has 1 atom stereocenters. The van der Waals surface area contributed by atoms with Gasteiger partial charge in [0.1, 0.15) is 5.75 Å². The smallest absolute Gasteiger partial charge is 0.124 e. The first-order valence-corrected chi connectivity index (χ1v) is 7.39. The standard InChI is InChI=1S/C17H27NO/c1-12(2)11-17(7-6-8-18-17)16-14(4)9-13(3)10-15(16)19-5/h9-10,12,18H,6-8,11H2,1-5H3. The number of aryl methyl sites for hydroxylation is 2. The molecular formula is C17H27NO. The van der Waals surface area contributed by atoms with Crippen LogP contribution in [-0.4, -0.2) is 13.7 Å². The summed E-state index contributed by atoms with van der Waals surface area (Å²) >= 11 is 0. The van der Waals surface area contributed by atoms with Gasteiger partial charge >= 0.3 is 0 Å². The average molecular weight is 261 g/mol. The minimum atomic E-state index is 0.108. The van der Waals surface area contributed by atoms with Crippen LogP contribution in [0.3, 0.4) is 0 Å². The van der Waals surface area contributed by atoms with Crippen molar-refractivity contribution in [3.8, 4) is 5.75 Å². The van der Waals surface area contributed by atoms with Crippen LogP contribution >= 0.6 is 0 Å². The summed E-state index contributed by atoms with van der Waals surface area (Å²) in [5, 5.41) is 3.77. The maximum atomic E-state index is 5.69. The maximum Gasteiger partial charge on any atom is 0.124 e.